The molecule has 1 saturated heterocycles. The molecule has 0 radical (unpaired) electrons. The van der Waals surface area contributed by atoms with Gasteiger partial charge in [-0.05, 0) is 51.4 Å². The third-order valence-electron chi connectivity index (χ3n) is 5.40. The minimum absolute atomic E-state index is 0.0971. The lowest BCUT2D eigenvalue weighted by atomic mass is 10.1. The van der Waals surface area contributed by atoms with Crippen LogP contribution in [0.15, 0.2) is 17.0 Å². The molecule has 0 aliphatic carbocycles. The van der Waals surface area contributed by atoms with Gasteiger partial charge in [0.05, 0.1) is 4.90 Å². The molecule has 29 heavy (non-hydrogen) atoms. The Morgan fingerprint density at radius 1 is 1.00 bits per heavy atom. The van der Waals surface area contributed by atoms with E-state index in [1.165, 1.54) is 0 Å². The number of sulfonamides is 1. The predicted molar refractivity (Wildman–Crippen MR) is 117 cm³/mol. The summed E-state index contributed by atoms with van der Waals surface area (Å²) in [7, 11) is -3.62. The SMILES string of the molecule is CCN1CCN(CCCNC(=O)CCNS(=O)(=O)c2c(C)cc(C)cc2C)CC1. The highest BCUT2D eigenvalue weighted by Gasteiger charge is 2.20. The zero-order valence-electron chi connectivity index (χ0n) is 18.3. The quantitative estimate of drug-likeness (QED) is 0.555. The standard InChI is InChI=1S/C21H36N4O3S/c1-5-24-11-13-25(14-12-24)10-6-8-22-20(26)7-9-23-29(27,28)21-18(3)15-17(2)16-19(21)4/h15-16,23H,5-14H2,1-4H3,(H,22,26). The van der Waals surface area contributed by atoms with E-state index < -0.39 is 10.0 Å². The fourth-order valence-electron chi connectivity index (χ4n) is 3.91. The number of aryl methyl sites for hydroxylation is 3. The van der Waals surface area contributed by atoms with Crippen molar-refractivity contribution in [1.29, 1.82) is 0 Å². The Bertz CT molecular complexity index is 764. The molecular weight excluding hydrogens is 388 g/mol. The first-order chi connectivity index (χ1) is 13.7. The first-order valence-corrected chi connectivity index (χ1v) is 12.0. The van der Waals surface area contributed by atoms with Crippen molar-refractivity contribution >= 4 is 15.9 Å². The van der Waals surface area contributed by atoms with Gasteiger partial charge in [0.2, 0.25) is 15.9 Å². The average molecular weight is 425 g/mol. The topological polar surface area (TPSA) is 81.8 Å². The van der Waals surface area contributed by atoms with Crippen LogP contribution in [0.25, 0.3) is 0 Å². The van der Waals surface area contributed by atoms with Gasteiger partial charge in [-0.1, -0.05) is 24.6 Å². The monoisotopic (exact) mass is 424 g/mol. The number of hydrogen-bond donors (Lipinski definition) is 2. The van der Waals surface area contributed by atoms with Crippen LogP contribution in [0.5, 0.6) is 0 Å². The van der Waals surface area contributed by atoms with Crippen molar-refractivity contribution in [3.8, 4) is 0 Å². The first kappa shape index (κ1) is 23.8. The van der Waals surface area contributed by atoms with Gasteiger partial charge in [0.25, 0.3) is 0 Å². The Morgan fingerprint density at radius 2 is 1.59 bits per heavy atom. The van der Waals surface area contributed by atoms with E-state index in [2.05, 4.69) is 26.8 Å². The molecule has 0 saturated carbocycles. The van der Waals surface area contributed by atoms with E-state index in [-0.39, 0.29) is 18.9 Å². The van der Waals surface area contributed by atoms with E-state index in [0.29, 0.717) is 11.4 Å². The van der Waals surface area contributed by atoms with Crippen LogP contribution in [0.2, 0.25) is 0 Å². The smallest absolute Gasteiger partial charge is 0.241 e. The van der Waals surface area contributed by atoms with Gasteiger partial charge in [0.1, 0.15) is 0 Å². The van der Waals surface area contributed by atoms with E-state index in [9.17, 15) is 13.2 Å². The zero-order valence-corrected chi connectivity index (χ0v) is 19.1. The average Bonchev–Trinajstić information content (AvgIpc) is 2.64. The van der Waals surface area contributed by atoms with Crippen LogP contribution in [0.4, 0.5) is 0 Å². The minimum Gasteiger partial charge on any atom is -0.356 e. The first-order valence-electron chi connectivity index (χ1n) is 10.5. The Labute approximate surface area is 175 Å². The second kappa shape index (κ2) is 11.1. The van der Waals surface area contributed by atoms with Gasteiger partial charge in [-0.3, -0.25) is 4.79 Å². The van der Waals surface area contributed by atoms with Crippen molar-refractivity contribution < 1.29 is 13.2 Å². The summed E-state index contributed by atoms with van der Waals surface area (Å²) in [6.07, 6.45) is 1.05. The van der Waals surface area contributed by atoms with Crippen molar-refractivity contribution in [3.05, 3.63) is 28.8 Å². The number of hydrogen-bond acceptors (Lipinski definition) is 5. The molecule has 1 amide bonds. The van der Waals surface area contributed by atoms with Crippen LogP contribution in [-0.4, -0.2) is 76.5 Å². The molecule has 0 bridgehead atoms. The van der Waals surface area contributed by atoms with Gasteiger partial charge in [0.15, 0.2) is 0 Å². The van der Waals surface area contributed by atoms with Crippen molar-refractivity contribution in [2.24, 2.45) is 0 Å². The molecule has 1 aromatic carbocycles. The van der Waals surface area contributed by atoms with E-state index in [1.54, 1.807) is 13.8 Å². The maximum absolute atomic E-state index is 12.6. The van der Waals surface area contributed by atoms with Gasteiger partial charge in [0, 0.05) is 45.7 Å². The summed E-state index contributed by atoms with van der Waals surface area (Å²) in [5, 5.41) is 2.89. The number of likely N-dealkylation sites (N-methyl/N-ethyl adjacent to an activating group) is 1. The highest BCUT2D eigenvalue weighted by Crippen LogP contribution is 2.21. The molecule has 0 unspecified atom stereocenters. The van der Waals surface area contributed by atoms with Gasteiger partial charge in [-0.15, -0.1) is 0 Å². The second-order valence-corrected chi connectivity index (χ2v) is 9.56. The lowest BCUT2D eigenvalue weighted by Crippen LogP contribution is -2.46. The summed E-state index contributed by atoms with van der Waals surface area (Å²) >= 11 is 0. The largest absolute Gasteiger partial charge is 0.356 e. The number of nitrogens with one attached hydrogen (secondary N) is 2. The highest BCUT2D eigenvalue weighted by atomic mass is 32.2. The molecule has 0 spiro atoms. The molecule has 164 valence electrons. The Hall–Kier alpha value is -1.48. The molecule has 8 heteroatoms. The fourth-order valence-corrected chi connectivity index (χ4v) is 5.39. The molecule has 1 aromatic rings. The van der Waals surface area contributed by atoms with Crippen LogP contribution in [-0.2, 0) is 14.8 Å². The van der Waals surface area contributed by atoms with Crippen molar-refractivity contribution in [2.75, 3.05) is 52.4 Å². The number of rotatable bonds is 10. The van der Waals surface area contributed by atoms with E-state index in [0.717, 1.165) is 62.4 Å². The molecular formula is C21H36N4O3S. The number of benzene rings is 1. The molecule has 7 nitrogen and oxygen atoms in total. The van der Waals surface area contributed by atoms with Crippen LogP contribution in [0.3, 0.4) is 0 Å². The van der Waals surface area contributed by atoms with Crippen LogP contribution >= 0.6 is 0 Å². The molecule has 0 atom stereocenters. The Balaban J connectivity index is 1.67. The summed E-state index contributed by atoms with van der Waals surface area (Å²) < 4.78 is 27.7. The molecule has 1 aliphatic rings. The maximum atomic E-state index is 12.6. The number of amides is 1. The van der Waals surface area contributed by atoms with E-state index in [4.69, 9.17) is 0 Å². The van der Waals surface area contributed by atoms with E-state index >= 15 is 0 Å². The summed E-state index contributed by atoms with van der Waals surface area (Å²) in [5.74, 6) is -0.124. The lowest BCUT2D eigenvalue weighted by Gasteiger charge is -2.33. The Morgan fingerprint density at radius 3 is 2.17 bits per heavy atom. The van der Waals surface area contributed by atoms with Crippen LogP contribution in [0.1, 0.15) is 36.5 Å². The molecule has 1 heterocycles. The lowest BCUT2D eigenvalue weighted by molar-refractivity contribution is -0.120. The van der Waals surface area contributed by atoms with Crippen molar-refractivity contribution in [2.45, 2.75) is 45.4 Å². The third-order valence-corrected chi connectivity index (χ3v) is 7.17. The molecule has 2 rings (SSSR count). The molecule has 0 aromatic heterocycles. The maximum Gasteiger partial charge on any atom is 0.241 e. The number of carbonyl (C=O) groups is 1. The number of piperazine rings is 1. The summed E-state index contributed by atoms with van der Waals surface area (Å²) in [6.45, 7) is 14.9. The summed E-state index contributed by atoms with van der Waals surface area (Å²) in [5.41, 5.74) is 2.48. The van der Waals surface area contributed by atoms with Crippen LogP contribution in [0, 0.1) is 20.8 Å². The number of nitrogens with zero attached hydrogens (tertiary/aromatic N) is 2. The van der Waals surface area contributed by atoms with Crippen molar-refractivity contribution in [3.63, 3.8) is 0 Å². The predicted octanol–water partition coefficient (Wildman–Crippen LogP) is 1.42. The van der Waals surface area contributed by atoms with Gasteiger partial charge < -0.3 is 15.1 Å². The Kier molecular flexibility index (Phi) is 9.07. The van der Waals surface area contributed by atoms with E-state index in [1.807, 2.05) is 19.1 Å². The second-order valence-electron chi connectivity index (χ2n) is 7.86. The highest BCUT2D eigenvalue weighted by molar-refractivity contribution is 7.89. The minimum atomic E-state index is -3.62. The summed E-state index contributed by atoms with van der Waals surface area (Å²) in [6, 6.07) is 3.72. The normalized spacial score (nSPS) is 16.1. The third kappa shape index (κ3) is 7.37. The van der Waals surface area contributed by atoms with Gasteiger partial charge in [-0.25, -0.2) is 13.1 Å². The number of carbonyl (C=O) groups excluding carboxylic acids is 1. The van der Waals surface area contributed by atoms with Gasteiger partial charge in [-0.2, -0.15) is 0 Å². The van der Waals surface area contributed by atoms with Crippen LogP contribution < -0.4 is 10.0 Å². The van der Waals surface area contributed by atoms with Gasteiger partial charge >= 0.3 is 0 Å². The molecule has 2 N–H and O–H groups in total. The molecule has 1 aliphatic heterocycles. The molecule has 1 fully saturated rings. The zero-order chi connectivity index (χ0) is 21.4. The fraction of sp³-hybridized carbons (Fsp3) is 0.667. The summed E-state index contributed by atoms with van der Waals surface area (Å²) in [4.78, 5) is 17.2. The van der Waals surface area contributed by atoms with Crippen molar-refractivity contribution in [1.82, 2.24) is 19.8 Å².